The van der Waals surface area contributed by atoms with Crippen molar-refractivity contribution in [2.75, 3.05) is 12.0 Å². The van der Waals surface area contributed by atoms with E-state index in [1.165, 1.54) is 37.5 Å². The van der Waals surface area contributed by atoms with Crippen molar-refractivity contribution in [2.24, 2.45) is 0 Å². The second kappa shape index (κ2) is 9.91. The number of allylic oxidation sites excluding steroid dienone is 2. The monoisotopic (exact) mass is 512 g/mol. The first-order valence-electron chi connectivity index (χ1n) is 10.5. The van der Waals surface area contributed by atoms with E-state index >= 15 is 0 Å². The van der Waals surface area contributed by atoms with Crippen molar-refractivity contribution in [1.29, 1.82) is 0 Å². The highest BCUT2D eigenvalue weighted by Crippen LogP contribution is 2.35. The van der Waals surface area contributed by atoms with Crippen LogP contribution in [0.5, 0.6) is 0 Å². The predicted octanol–water partition coefficient (Wildman–Crippen LogP) is 4.29. The third-order valence-electron chi connectivity index (χ3n) is 5.32. The first-order valence-corrected chi connectivity index (χ1v) is 12.3. The molecule has 0 unspecified atom stereocenters. The Kier molecular flexibility index (Phi) is 6.93. The molecule has 8 nitrogen and oxygen atoms in total. The second-order valence-electron chi connectivity index (χ2n) is 7.56. The minimum absolute atomic E-state index is 0.0647. The Hall–Kier alpha value is -3.66. The molecule has 35 heavy (non-hydrogen) atoms. The van der Waals surface area contributed by atoms with Crippen LogP contribution in [0.25, 0.3) is 6.08 Å². The van der Waals surface area contributed by atoms with Crippen molar-refractivity contribution in [3.63, 3.8) is 0 Å². The zero-order chi connectivity index (χ0) is 25.2. The zero-order valence-electron chi connectivity index (χ0n) is 18.8. The predicted molar refractivity (Wildman–Crippen MR) is 131 cm³/mol. The molecule has 0 amide bonds. The van der Waals surface area contributed by atoms with Gasteiger partial charge in [-0.3, -0.25) is 4.79 Å². The summed E-state index contributed by atoms with van der Waals surface area (Å²) in [7, 11) is -2.56. The Bertz CT molecular complexity index is 1440. The van der Waals surface area contributed by atoms with Gasteiger partial charge in [0.05, 0.1) is 24.2 Å². The third-order valence-corrected chi connectivity index (χ3v) is 6.99. The molecule has 0 saturated carbocycles. The van der Waals surface area contributed by atoms with Crippen LogP contribution in [0.3, 0.4) is 0 Å². The first kappa shape index (κ1) is 24.5. The fourth-order valence-corrected chi connectivity index (χ4v) is 4.75. The molecular formula is C25H21ClN2O6S. The third kappa shape index (κ3) is 5.07. The molecule has 0 saturated heterocycles. The van der Waals surface area contributed by atoms with Gasteiger partial charge in [-0.25, -0.2) is 17.9 Å². The number of carbonyl (C=O) groups excluding carboxylic acids is 2. The van der Waals surface area contributed by atoms with E-state index in [0.29, 0.717) is 27.9 Å². The molecule has 2 aromatic carbocycles. The van der Waals surface area contributed by atoms with Gasteiger partial charge < -0.3 is 14.1 Å². The van der Waals surface area contributed by atoms with E-state index in [9.17, 15) is 18.0 Å². The van der Waals surface area contributed by atoms with Gasteiger partial charge in [0.25, 0.3) is 0 Å². The lowest BCUT2D eigenvalue weighted by atomic mass is 10.1. The molecule has 0 spiro atoms. The van der Waals surface area contributed by atoms with Crippen LogP contribution in [-0.4, -0.2) is 27.3 Å². The second-order valence-corrected chi connectivity index (χ2v) is 9.77. The highest BCUT2D eigenvalue weighted by molar-refractivity contribution is 7.89. The Morgan fingerprint density at radius 1 is 1.09 bits per heavy atom. The van der Waals surface area contributed by atoms with E-state index in [-0.39, 0.29) is 22.7 Å². The van der Waals surface area contributed by atoms with Gasteiger partial charge in [0.1, 0.15) is 17.1 Å². The summed E-state index contributed by atoms with van der Waals surface area (Å²) in [4.78, 5) is 27.1. The average molecular weight is 513 g/mol. The van der Waals surface area contributed by atoms with Gasteiger partial charge >= 0.3 is 5.97 Å². The van der Waals surface area contributed by atoms with E-state index in [4.69, 9.17) is 20.8 Å². The lowest BCUT2D eigenvalue weighted by Crippen LogP contribution is -2.22. The van der Waals surface area contributed by atoms with Crippen LogP contribution < -0.4 is 9.62 Å². The van der Waals surface area contributed by atoms with Crippen LogP contribution in [-0.2, 0) is 30.9 Å². The largest absolute Gasteiger partial charge is 0.465 e. The van der Waals surface area contributed by atoms with Gasteiger partial charge in [-0.15, -0.1) is 0 Å². The van der Waals surface area contributed by atoms with Gasteiger partial charge in [-0.05, 0) is 55.5 Å². The lowest BCUT2D eigenvalue weighted by molar-refractivity contribution is -0.137. The Labute approximate surface area is 207 Å². The molecule has 0 fully saturated rings. The number of para-hydroxylation sites is 1. The molecule has 0 radical (unpaired) electrons. The number of rotatable bonds is 7. The summed E-state index contributed by atoms with van der Waals surface area (Å²) in [5, 5.41) is 0.429. The van der Waals surface area contributed by atoms with Crippen molar-refractivity contribution in [3.8, 4) is 0 Å². The Morgan fingerprint density at radius 2 is 1.77 bits per heavy atom. The fourth-order valence-electron chi connectivity index (χ4n) is 3.63. The maximum absolute atomic E-state index is 13.1. The molecule has 1 aliphatic rings. The number of esters is 1. The number of hydrogen-bond donors (Lipinski definition) is 1. The molecular weight excluding hydrogens is 492 g/mol. The quantitative estimate of drug-likeness (QED) is 0.286. The Balaban J connectivity index is 1.59. The molecule has 10 heteroatoms. The van der Waals surface area contributed by atoms with Gasteiger partial charge in [-0.2, -0.15) is 0 Å². The number of hydrogen-bond acceptors (Lipinski definition) is 7. The molecule has 0 aliphatic carbocycles. The van der Waals surface area contributed by atoms with Crippen LogP contribution in [0.15, 0.2) is 93.0 Å². The zero-order valence-corrected chi connectivity index (χ0v) is 20.4. The number of sulfonamides is 1. The normalized spacial score (nSPS) is 15.2. The SMILES string of the molecule is COC(=O)C1=C(C)N(c2ccccc2)/C(=C/c2ccc(CNS(=O)(=O)c3ccc(Cl)cc3)o2)C1=O. The van der Waals surface area contributed by atoms with Crippen molar-refractivity contribution in [3.05, 3.63) is 100 Å². The molecule has 0 atom stereocenters. The number of ether oxygens (including phenoxy) is 1. The summed E-state index contributed by atoms with van der Waals surface area (Å²) >= 11 is 5.82. The molecule has 180 valence electrons. The number of halogens is 1. The number of carbonyl (C=O) groups is 2. The summed E-state index contributed by atoms with van der Waals surface area (Å²) in [6.07, 6.45) is 1.51. The summed E-state index contributed by atoms with van der Waals surface area (Å²) < 4.78 is 38.0. The van der Waals surface area contributed by atoms with Crippen LogP contribution in [0.2, 0.25) is 5.02 Å². The van der Waals surface area contributed by atoms with E-state index in [1.54, 1.807) is 24.0 Å². The number of furan rings is 1. The summed E-state index contributed by atoms with van der Waals surface area (Å²) in [5.41, 5.74) is 1.26. The number of Topliss-reactive ketones (excluding diaryl/α,β-unsaturated/α-hetero) is 1. The van der Waals surface area contributed by atoms with Crippen molar-refractivity contribution >= 4 is 45.1 Å². The van der Waals surface area contributed by atoms with Gasteiger partial charge in [0, 0.05) is 22.5 Å². The van der Waals surface area contributed by atoms with Gasteiger partial charge in [-0.1, -0.05) is 29.8 Å². The highest BCUT2D eigenvalue weighted by atomic mass is 35.5. The van der Waals surface area contributed by atoms with Crippen molar-refractivity contribution in [1.82, 2.24) is 4.72 Å². The van der Waals surface area contributed by atoms with Crippen molar-refractivity contribution < 1.29 is 27.2 Å². The topological polar surface area (TPSA) is 106 Å². The maximum atomic E-state index is 13.1. The number of anilines is 1. The number of benzene rings is 2. The van der Waals surface area contributed by atoms with Gasteiger partial charge in [0.15, 0.2) is 0 Å². The molecule has 2 heterocycles. The lowest BCUT2D eigenvalue weighted by Gasteiger charge is -2.21. The highest BCUT2D eigenvalue weighted by Gasteiger charge is 2.38. The minimum Gasteiger partial charge on any atom is -0.465 e. The van der Waals surface area contributed by atoms with E-state index < -0.39 is 21.8 Å². The molecule has 1 aromatic heterocycles. The van der Waals surface area contributed by atoms with E-state index in [0.717, 1.165) is 0 Å². The average Bonchev–Trinajstić information content (AvgIpc) is 3.40. The van der Waals surface area contributed by atoms with Crippen molar-refractivity contribution in [2.45, 2.75) is 18.4 Å². The molecule has 1 N–H and O–H groups in total. The Morgan fingerprint density at radius 3 is 2.43 bits per heavy atom. The van der Waals surface area contributed by atoms with Crippen LogP contribution in [0.1, 0.15) is 18.4 Å². The summed E-state index contributed by atoms with van der Waals surface area (Å²) in [6, 6.07) is 18.1. The maximum Gasteiger partial charge on any atom is 0.343 e. The van der Waals surface area contributed by atoms with Crippen LogP contribution in [0, 0.1) is 0 Å². The van der Waals surface area contributed by atoms with Crippen LogP contribution in [0.4, 0.5) is 5.69 Å². The van der Waals surface area contributed by atoms with E-state index in [2.05, 4.69) is 4.72 Å². The molecule has 3 aromatic rings. The van der Waals surface area contributed by atoms with E-state index in [1.807, 2.05) is 30.3 Å². The standard InChI is InChI=1S/C25H21ClN2O6S/c1-16-23(25(30)33-2)24(29)22(28(16)18-6-4-3-5-7-18)14-19-10-11-20(34-19)15-27-35(31,32)21-12-8-17(26)9-13-21/h3-14,27H,15H2,1-2H3/b22-14+. The summed E-state index contributed by atoms with van der Waals surface area (Å²) in [6.45, 7) is 1.56. The number of methoxy groups -OCH3 is 1. The number of nitrogens with zero attached hydrogens (tertiary/aromatic N) is 1. The number of nitrogens with one attached hydrogen (secondary N) is 1. The molecule has 1 aliphatic heterocycles. The van der Waals surface area contributed by atoms with Gasteiger partial charge in [0.2, 0.25) is 15.8 Å². The fraction of sp³-hybridized carbons (Fsp3) is 0.120. The minimum atomic E-state index is -3.77. The first-order chi connectivity index (χ1) is 16.7. The molecule has 0 bridgehead atoms. The molecule has 4 rings (SSSR count). The smallest absolute Gasteiger partial charge is 0.343 e. The number of ketones is 1. The van der Waals surface area contributed by atoms with Crippen LogP contribution >= 0.6 is 11.6 Å². The summed E-state index contributed by atoms with van der Waals surface area (Å²) in [5.74, 6) is -0.578.